The van der Waals surface area contributed by atoms with E-state index in [1.165, 1.54) is 12.8 Å². The monoisotopic (exact) mass is 435 g/mol. The molecule has 0 aliphatic heterocycles. The van der Waals surface area contributed by atoms with Gasteiger partial charge in [-0.15, -0.1) is 0 Å². The van der Waals surface area contributed by atoms with E-state index in [-0.39, 0.29) is 17.9 Å². The molecular weight excluding hydrogens is 405 g/mol. The lowest BCUT2D eigenvalue weighted by Crippen LogP contribution is -2.30. The number of rotatable bonds is 10. The fourth-order valence-electron chi connectivity index (χ4n) is 4.04. The van der Waals surface area contributed by atoms with E-state index in [9.17, 15) is 5.11 Å². The van der Waals surface area contributed by atoms with E-state index in [0.717, 1.165) is 24.0 Å². The molecule has 4 rings (SSSR count). The van der Waals surface area contributed by atoms with Crippen LogP contribution in [0.1, 0.15) is 48.5 Å². The van der Waals surface area contributed by atoms with Gasteiger partial charge in [0.25, 0.3) is 0 Å². The molecule has 0 amide bonds. The van der Waals surface area contributed by atoms with Crippen molar-refractivity contribution in [2.24, 2.45) is 0 Å². The molecule has 0 spiro atoms. The van der Waals surface area contributed by atoms with Gasteiger partial charge in [-0.2, -0.15) is 0 Å². The lowest BCUT2D eigenvalue weighted by atomic mass is 10.1. The van der Waals surface area contributed by atoms with Crippen LogP contribution in [-0.2, 0) is 13.2 Å². The lowest BCUT2D eigenvalue weighted by Gasteiger charge is -2.20. The number of nitrogens with one attached hydrogen (secondary N) is 1. The summed E-state index contributed by atoms with van der Waals surface area (Å²) < 4.78 is 27.3. The number of aliphatic hydroxyl groups excluding tert-OH is 1. The quantitative estimate of drug-likeness (QED) is 0.438. The Kier molecular flexibility index (Phi) is 7.75. The molecule has 0 radical (unpaired) electrons. The van der Waals surface area contributed by atoms with Gasteiger partial charge in [-0.25, -0.2) is 4.39 Å². The number of halogens is 1. The Bertz CT molecular complexity index is 975. The van der Waals surface area contributed by atoms with Gasteiger partial charge in [0.15, 0.2) is 17.3 Å². The van der Waals surface area contributed by atoms with Crippen molar-refractivity contribution in [3.05, 3.63) is 95.3 Å². The first-order valence-corrected chi connectivity index (χ1v) is 11.3. The second-order valence-electron chi connectivity index (χ2n) is 8.25. The molecule has 1 fully saturated rings. The Morgan fingerprint density at radius 2 is 1.44 bits per heavy atom. The van der Waals surface area contributed by atoms with Crippen LogP contribution < -0.4 is 14.8 Å². The zero-order valence-electron chi connectivity index (χ0n) is 18.2. The van der Waals surface area contributed by atoms with Gasteiger partial charge in [0.05, 0.1) is 6.10 Å². The molecule has 0 aromatic heterocycles. The van der Waals surface area contributed by atoms with Crippen LogP contribution in [-0.4, -0.2) is 17.7 Å². The van der Waals surface area contributed by atoms with Crippen molar-refractivity contribution < 1.29 is 19.0 Å². The first-order chi connectivity index (χ1) is 15.7. The Hall–Kier alpha value is -2.89. The Balaban J connectivity index is 1.51. The lowest BCUT2D eigenvalue weighted by molar-refractivity contribution is 0.162. The molecule has 4 nitrogen and oxygen atoms in total. The minimum atomic E-state index is -0.960. The van der Waals surface area contributed by atoms with Crippen LogP contribution in [0.25, 0.3) is 0 Å². The van der Waals surface area contributed by atoms with Gasteiger partial charge in [-0.05, 0) is 36.1 Å². The molecule has 1 aliphatic carbocycles. The van der Waals surface area contributed by atoms with Crippen LogP contribution in [0.4, 0.5) is 4.39 Å². The third-order valence-corrected chi connectivity index (χ3v) is 5.87. The smallest absolute Gasteiger partial charge is 0.197 e. The van der Waals surface area contributed by atoms with E-state index in [2.05, 4.69) is 5.32 Å². The zero-order valence-corrected chi connectivity index (χ0v) is 18.2. The van der Waals surface area contributed by atoms with Gasteiger partial charge in [-0.1, -0.05) is 73.5 Å². The molecule has 1 atom stereocenters. The Morgan fingerprint density at radius 1 is 0.844 bits per heavy atom. The summed E-state index contributed by atoms with van der Waals surface area (Å²) in [6, 6.07) is 23.0. The summed E-state index contributed by atoms with van der Waals surface area (Å²) in [6.07, 6.45) is 3.65. The summed E-state index contributed by atoms with van der Waals surface area (Å²) in [4.78, 5) is 0. The molecule has 168 valence electrons. The summed E-state index contributed by atoms with van der Waals surface area (Å²) in [5.74, 6) is -0.226. The summed E-state index contributed by atoms with van der Waals surface area (Å²) in [5, 5.41) is 14.0. The highest BCUT2D eigenvalue weighted by molar-refractivity contribution is 5.45. The topological polar surface area (TPSA) is 50.7 Å². The van der Waals surface area contributed by atoms with Crippen molar-refractivity contribution in [2.45, 2.75) is 51.0 Å². The summed E-state index contributed by atoms with van der Waals surface area (Å²) in [5.41, 5.74) is 2.12. The fraction of sp³-hybridized carbons (Fsp3) is 0.333. The van der Waals surface area contributed by atoms with Gasteiger partial charge >= 0.3 is 0 Å². The van der Waals surface area contributed by atoms with E-state index in [1.54, 1.807) is 12.1 Å². The molecule has 3 aromatic carbocycles. The number of aliphatic hydroxyl groups is 1. The van der Waals surface area contributed by atoms with Crippen LogP contribution in [0.15, 0.2) is 72.8 Å². The van der Waals surface area contributed by atoms with Crippen molar-refractivity contribution in [1.29, 1.82) is 0 Å². The van der Waals surface area contributed by atoms with Gasteiger partial charge in [-0.3, -0.25) is 0 Å². The molecule has 1 saturated carbocycles. The molecule has 32 heavy (non-hydrogen) atoms. The minimum absolute atomic E-state index is 0.0298. The summed E-state index contributed by atoms with van der Waals surface area (Å²) in [6.45, 7) is 0.816. The largest absolute Gasteiger partial charge is 0.485 e. The van der Waals surface area contributed by atoms with Crippen LogP contribution in [0.3, 0.4) is 0 Å². The van der Waals surface area contributed by atoms with E-state index < -0.39 is 11.9 Å². The van der Waals surface area contributed by atoms with Gasteiger partial charge in [0.2, 0.25) is 0 Å². The van der Waals surface area contributed by atoms with Crippen LogP contribution in [0, 0.1) is 5.82 Å². The average Bonchev–Trinajstić information content (AvgIpc) is 3.36. The van der Waals surface area contributed by atoms with Crippen LogP contribution in [0.5, 0.6) is 11.5 Å². The standard InChI is InChI=1S/C27H30FNO3/c28-26-23(24(30)17-29-22-13-7-8-14-22)15-16-25(31-18-20-9-3-1-4-10-20)27(26)32-19-21-11-5-2-6-12-21/h1-6,9-12,15-16,22,24,29-30H,7-8,13-14,17-19H2. The highest BCUT2D eigenvalue weighted by atomic mass is 19.1. The maximum Gasteiger partial charge on any atom is 0.197 e. The second kappa shape index (κ2) is 11.1. The average molecular weight is 436 g/mol. The van der Waals surface area contributed by atoms with Gasteiger partial charge in [0, 0.05) is 18.2 Å². The fourth-order valence-corrected chi connectivity index (χ4v) is 4.04. The molecule has 0 saturated heterocycles. The van der Waals surface area contributed by atoms with Gasteiger partial charge in [0.1, 0.15) is 13.2 Å². The molecule has 0 bridgehead atoms. The number of benzene rings is 3. The normalized spacial score (nSPS) is 14.9. The summed E-state index contributed by atoms with van der Waals surface area (Å²) >= 11 is 0. The molecular formula is C27H30FNO3. The van der Waals surface area contributed by atoms with E-state index in [1.807, 2.05) is 60.7 Å². The minimum Gasteiger partial charge on any atom is -0.485 e. The maximum absolute atomic E-state index is 15.5. The van der Waals surface area contributed by atoms with Crippen molar-refractivity contribution in [3.63, 3.8) is 0 Å². The van der Waals surface area contributed by atoms with E-state index in [0.29, 0.717) is 24.9 Å². The molecule has 1 aliphatic rings. The first kappa shape index (κ1) is 22.3. The molecule has 5 heteroatoms. The maximum atomic E-state index is 15.5. The van der Waals surface area contributed by atoms with Crippen molar-refractivity contribution in [1.82, 2.24) is 5.32 Å². The number of hydrogen-bond donors (Lipinski definition) is 2. The highest BCUT2D eigenvalue weighted by Gasteiger charge is 2.23. The third-order valence-electron chi connectivity index (χ3n) is 5.87. The van der Waals surface area contributed by atoms with Crippen LogP contribution in [0.2, 0.25) is 0 Å². The van der Waals surface area contributed by atoms with Crippen LogP contribution >= 0.6 is 0 Å². The molecule has 3 aromatic rings. The predicted molar refractivity (Wildman–Crippen MR) is 123 cm³/mol. The number of ether oxygens (including phenoxy) is 2. The van der Waals surface area contributed by atoms with E-state index >= 15 is 4.39 Å². The first-order valence-electron chi connectivity index (χ1n) is 11.3. The van der Waals surface area contributed by atoms with Crippen molar-refractivity contribution in [3.8, 4) is 11.5 Å². The van der Waals surface area contributed by atoms with Gasteiger partial charge < -0.3 is 19.9 Å². The second-order valence-corrected chi connectivity index (χ2v) is 8.25. The Morgan fingerprint density at radius 3 is 2.06 bits per heavy atom. The summed E-state index contributed by atoms with van der Waals surface area (Å²) in [7, 11) is 0. The molecule has 1 unspecified atom stereocenters. The van der Waals surface area contributed by atoms with Crippen molar-refractivity contribution in [2.75, 3.05) is 6.54 Å². The Labute approximate surface area is 189 Å². The molecule has 2 N–H and O–H groups in total. The number of hydrogen-bond acceptors (Lipinski definition) is 4. The highest BCUT2D eigenvalue weighted by Crippen LogP contribution is 2.36. The SMILES string of the molecule is OC(CNC1CCCC1)c1ccc(OCc2ccccc2)c(OCc2ccccc2)c1F. The van der Waals surface area contributed by atoms with E-state index in [4.69, 9.17) is 9.47 Å². The predicted octanol–water partition coefficient (Wildman–Crippen LogP) is 5.55. The zero-order chi connectivity index (χ0) is 22.2. The molecule has 0 heterocycles. The third kappa shape index (κ3) is 5.87. The van der Waals surface area contributed by atoms with Crippen molar-refractivity contribution >= 4 is 0 Å².